The highest BCUT2D eigenvalue weighted by Gasteiger charge is 2.33. The van der Waals surface area contributed by atoms with Crippen LogP contribution in [0.5, 0.6) is 5.75 Å². The second kappa shape index (κ2) is 10.8. The number of hydrogen-bond acceptors (Lipinski definition) is 3. The van der Waals surface area contributed by atoms with E-state index < -0.39 is 44.0 Å². The second-order valence-electron chi connectivity index (χ2n) is 6.56. The molecule has 0 spiro atoms. The third-order valence-corrected chi connectivity index (χ3v) is 5.22. The van der Waals surface area contributed by atoms with Crippen LogP contribution in [0, 0.1) is 29.2 Å². The van der Waals surface area contributed by atoms with E-state index in [9.17, 15) is 26.0 Å². The first-order valence-corrected chi connectivity index (χ1v) is 10.5. The van der Waals surface area contributed by atoms with Crippen LogP contribution in [0.1, 0.15) is 65.2 Å². The standard InChI is InChI=1S/C18H26F4O4S/c1-3-5-7-8-10-12(9-6-4-2)11-26-17-15(21)13(19)14(20)16(22)18(17)27(23,24)25/h12H,3-11H2,1-2H3,(H,23,24,25). The summed E-state index contributed by atoms with van der Waals surface area (Å²) >= 11 is 0. The molecule has 0 fully saturated rings. The third-order valence-electron chi connectivity index (χ3n) is 4.34. The smallest absolute Gasteiger partial charge is 0.301 e. The van der Waals surface area contributed by atoms with E-state index >= 15 is 0 Å². The van der Waals surface area contributed by atoms with Crippen LogP contribution >= 0.6 is 0 Å². The van der Waals surface area contributed by atoms with E-state index in [2.05, 4.69) is 6.92 Å². The Balaban J connectivity index is 3.06. The molecule has 1 rings (SSSR count). The van der Waals surface area contributed by atoms with Crippen molar-refractivity contribution in [2.24, 2.45) is 5.92 Å². The number of rotatable bonds is 12. The topological polar surface area (TPSA) is 63.6 Å². The number of benzene rings is 1. The first-order chi connectivity index (χ1) is 12.6. The summed E-state index contributed by atoms with van der Waals surface area (Å²) in [6.07, 6.45) is 7.14. The molecule has 0 saturated heterocycles. The van der Waals surface area contributed by atoms with Crippen molar-refractivity contribution in [1.82, 2.24) is 0 Å². The van der Waals surface area contributed by atoms with Crippen molar-refractivity contribution in [3.8, 4) is 5.75 Å². The number of hydrogen-bond donors (Lipinski definition) is 1. The minimum absolute atomic E-state index is 0.0911. The molecule has 0 aromatic heterocycles. The average Bonchev–Trinajstić information content (AvgIpc) is 2.61. The van der Waals surface area contributed by atoms with Gasteiger partial charge < -0.3 is 4.74 Å². The summed E-state index contributed by atoms with van der Waals surface area (Å²) in [7, 11) is -5.36. The van der Waals surface area contributed by atoms with Gasteiger partial charge in [0, 0.05) is 0 Å². The van der Waals surface area contributed by atoms with Gasteiger partial charge in [0.2, 0.25) is 11.6 Å². The Kier molecular flexibility index (Phi) is 9.52. The maximum Gasteiger partial charge on any atom is 0.301 e. The highest BCUT2D eigenvalue weighted by molar-refractivity contribution is 7.86. The maximum atomic E-state index is 14.0. The van der Waals surface area contributed by atoms with Gasteiger partial charge in [-0.25, -0.2) is 13.2 Å². The highest BCUT2D eigenvalue weighted by Crippen LogP contribution is 2.34. The number of halogens is 4. The van der Waals surface area contributed by atoms with Crippen LogP contribution in [-0.2, 0) is 10.1 Å². The summed E-state index contributed by atoms with van der Waals surface area (Å²) in [6, 6.07) is 0. The molecule has 1 aromatic carbocycles. The molecule has 0 aliphatic rings. The summed E-state index contributed by atoms with van der Waals surface area (Å²) in [4.78, 5) is -1.72. The van der Waals surface area contributed by atoms with Crippen LogP contribution in [0.4, 0.5) is 17.6 Å². The fraction of sp³-hybridized carbons (Fsp3) is 0.667. The molecular weight excluding hydrogens is 388 g/mol. The van der Waals surface area contributed by atoms with Crippen molar-refractivity contribution < 1.29 is 35.3 Å². The maximum absolute atomic E-state index is 14.0. The minimum atomic E-state index is -5.36. The van der Waals surface area contributed by atoms with E-state index in [1.54, 1.807) is 0 Å². The van der Waals surface area contributed by atoms with Gasteiger partial charge in [0.1, 0.15) is 0 Å². The molecule has 1 atom stereocenters. The highest BCUT2D eigenvalue weighted by atomic mass is 32.2. The summed E-state index contributed by atoms with van der Waals surface area (Å²) in [5.74, 6) is -10.1. The SMILES string of the molecule is CCCCCCC(CCCC)COc1c(F)c(F)c(F)c(F)c1S(=O)(=O)O. The van der Waals surface area contributed by atoms with Gasteiger partial charge in [-0.3, -0.25) is 4.55 Å². The van der Waals surface area contributed by atoms with Gasteiger partial charge in [-0.1, -0.05) is 52.4 Å². The van der Waals surface area contributed by atoms with Crippen LogP contribution in [0.15, 0.2) is 4.90 Å². The Hall–Kier alpha value is -1.35. The van der Waals surface area contributed by atoms with Gasteiger partial charge in [0.05, 0.1) is 6.61 Å². The second-order valence-corrected chi connectivity index (χ2v) is 7.92. The molecule has 1 N–H and O–H groups in total. The zero-order chi connectivity index (χ0) is 20.6. The molecule has 27 heavy (non-hydrogen) atoms. The van der Waals surface area contributed by atoms with E-state index in [4.69, 9.17) is 9.29 Å². The zero-order valence-electron chi connectivity index (χ0n) is 15.5. The summed E-state index contributed by atoms with van der Waals surface area (Å²) in [5, 5.41) is 0. The summed E-state index contributed by atoms with van der Waals surface area (Å²) in [6.45, 7) is 3.85. The molecule has 156 valence electrons. The van der Waals surface area contributed by atoms with E-state index in [0.29, 0.717) is 6.42 Å². The van der Waals surface area contributed by atoms with Crippen molar-refractivity contribution in [1.29, 1.82) is 0 Å². The fourth-order valence-corrected chi connectivity index (χ4v) is 3.51. The van der Waals surface area contributed by atoms with Crippen molar-refractivity contribution in [3.05, 3.63) is 23.3 Å². The molecule has 1 aromatic rings. The Bertz CT molecular complexity index is 723. The minimum Gasteiger partial charge on any atom is -0.489 e. The molecule has 9 heteroatoms. The molecule has 1 unspecified atom stereocenters. The molecule has 0 bridgehead atoms. The van der Waals surface area contributed by atoms with Gasteiger partial charge in [-0.2, -0.15) is 12.8 Å². The predicted octanol–water partition coefficient (Wildman–Crippen LogP) is 5.65. The Labute approximate surface area is 157 Å². The number of unbranched alkanes of at least 4 members (excludes halogenated alkanes) is 4. The van der Waals surface area contributed by atoms with Crippen LogP contribution < -0.4 is 4.74 Å². The Morgan fingerprint density at radius 1 is 0.852 bits per heavy atom. The average molecular weight is 414 g/mol. The molecule has 4 nitrogen and oxygen atoms in total. The monoisotopic (exact) mass is 414 g/mol. The molecular formula is C18H26F4O4S. The Morgan fingerprint density at radius 2 is 1.41 bits per heavy atom. The lowest BCUT2D eigenvalue weighted by Crippen LogP contribution is -2.17. The first-order valence-electron chi connectivity index (χ1n) is 9.11. The lowest BCUT2D eigenvalue weighted by atomic mass is 9.96. The van der Waals surface area contributed by atoms with Crippen LogP contribution in [0.25, 0.3) is 0 Å². The quantitative estimate of drug-likeness (QED) is 0.158. The molecule has 0 aliphatic carbocycles. The van der Waals surface area contributed by atoms with Gasteiger partial charge in [0.15, 0.2) is 22.3 Å². The van der Waals surface area contributed by atoms with E-state index in [-0.39, 0.29) is 12.5 Å². The van der Waals surface area contributed by atoms with E-state index in [1.165, 1.54) is 0 Å². The zero-order valence-corrected chi connectivity index (χ0v) is 16.3. The molecule has 0 amide bonds. The van der Waals surface area contributed by atoms with Crippen LogP contribution in [0.2, 0.25) is 0 Å². The lowest BCUT2D eigenvalue weighted by molar-refractivity contribution is 0.205. The van der Waals surface area contributed by atoms with Gasteiger partial charge in [-0.15, -0.1) is 0 Å². The van der Waals surface area contributed by atoms with Gasteiger partial charge in [0.25, 0.3) is 0 Å². The third kappa shape index (κ3) is 6.64. The summed E-state index contributed by atoms with van der Waals surface area (Å²) in [5.41, 5.74) is 0. The van der Waals surface area contributed by atoms with E-state index in [0.717, 1.165) is 44.9 Å². The van der Waals surface area contributed by atoms with Crippen LogP contribution in [-0.4, -0.2) is 19.6 Å². The molecule has 0 heterocycles. The normalized spacial score (nSPS) is 13.0. The fourth-order valence-electron chi connectivity index (χ4n) is 2.82. The van der Waals surface area contributed by atoms with Crippen molar-refractivity contribution in [2.75, 3.05) is 6.61 Å². The van der Waals surface area contributed by atoms with Crippen molar-refractivity contribution in [2.45, 2.75) is 70.1 Å². The van der Waals surface area contributed by atoms with Gasteiger partial charge >= 0.3 is 10.1 Å². The largest absolute Gasteiger partial charge is 0.489 e. The van der Waals surface area contributed by atoms with E-state index in [1.807, 2.05) is 6.92 Å². The Morgan fingerprint density at radius 3 is 1.96 bits per heavy atom. The van der Waals surface area contributed by atoms with Crippen LogP contribution in [0.3, 0.4) is 0 Å². The number of ether oxygens (including phenoxy) is 1. The lowest BCUT2D eigenvalue weighted by Gasteiger charge is -2.19. The molecule has 0 radical (unpaired) electrons. The molecule has 0 aliphatic heterocycles. The first kappa shape index (κ1) is 23.7. The predicted molar refractivity (Wildman–Crippen MR) is 93.4 cm³/mol. The van der Waals surface area contributed by atoms with Crippen molar-refractivity contribution in [3.63, 3.8) is 0 Å². The summed E-state index contributed by atoms with van der Waals surface area (Å²) < 4.78 is 91.5. The van der Waals surface area contributed by atoms with Gasteiger partial charge in [-0.05, 0) is 18.8 Å². The van der Waals surface area contributed by atoms with Crippen molar-refractivity contribution >= 4 is 10.1 Å². The molecule has 0 saturated carbocycles.